The second-order valence-corrected chi connectivity index (χ2v) is 6.78. The van der Waals surface area contributed by atoms with Crippen molar-refractivity contribution < 1.29 is 13.0 Å². The molecule has 0 radical (unpaired) electrons. The Kier molecular flexibility index (Phi) is 4.23. The van der Waals surface area contributed by atoms with Gasteiger partial charge in [-0.1, -0.05) is 48.0 Å². The number of hydrogen-bond donors (Lipinski definition) is 2. The van der Waals surface area contributed by atoms with Gasteiger partial charge in [-0.3, -0.25) is 4.55 Å². The molecule has 24 heavy (non-hydrogen) atoms. The molecule has 0 aromatic heterocycles. The van der Waals surface area contributed by atoms with E-state index >= 15 is 0 Å². The van der Waals surface area contributed by atoms with E-state index in [1.165, 1.54) is 6.07 Å². The number of halogens is 1. The van der Waals surface area contributed by atoms with Crippen LogP contribution in [0.1, 0.15) is 0 Å². The molecule has 0 heterocycles. The molecule has 0 atom stereocenters. The highest BCUT2D eigenvalue weighted by molar-refractivity contribution is 7.86. The Balaban J connectivity index is 2.22. The first kappa shape index (κ1) is 16.4. The lowest BCUT2D eigenvalue weighted by Gasteiger charge is -2.09. The zero-order valence-corrected chi connectivity index (χ0v) is 13.8. The van der Waals surface area contributed by atoms with Gasteiger partial charge < -0.3 is 5.73 Å². The number of nitrogens with zero attached hydrogens (tertiary/aromatic N) is 2. The third kappa shape index (κ3) is 3.09. The van der Waals surface area contributed by atoms with Gasteiger partial charge in [0.05, 0.1) is 10.7 Å². The lowest BCUT2D eigenvalue weighted by Crippen LogP contribution is -2.01. The van der Waals surface area contributed by atoms with Crippen LogP contribution < -0.4 is 5.73 Å². The average molecular weight is 362 g/mol. The summed E-state index contributed by atoms with van der Waals surface area (Å²) in [5.41, 5.74) is 6.87. The van der Waals surface area contributed by atoms with Crippen molar-refractivity contribution in [1.29, 1.82) is 0 Å². The Labute approximate surface area is 143 Å². The zero-order valence-electron chi connectivity index (χ0n) is 12.2. The first-order valence-electron chi connectivity index (χ1n) is 6.83. The van der Waals surface area contributed by atoms with Crippen molar-refractivity contribution in [1.82, 2.24) is 0 Å². The smallest absolute Gasteiger partial charge is 0.295 e. The molecule has 8 heteroatoms. The van der Waals surface area contributed by atoms with Gasteiger partial charge in [0.25, 0.3) is 10.1 Å². The summed E-state index contributed by atoms with van der Waals surface area (Å²) in [5, 5.41) is 9.18. The van der Waals surface area contributed by atoms with Crippen molar-refractivity contribution in [2.45, 2.75) is 4.90 Å². The van der Waals surface area contributed by atoms with Crippen molar-refractivity contribution in [3.63, 3.8) is 0 Å². The molecule has 0 bridgehead atoms. The SMILES string of the molecule is Nc1c(N=Nc2ccccc2Cl)cc(S(=O)(=O)O)c2ccccc12. The molecule has 0 spiro atoms. The summed E-state index contributed by atoms with van der Waals surface area (Å²) in [7, 11) is -4.44. The number of nitrogens with two attached hydrogens (primary N) is 1. The highest BCUT2D eigenvalue weighted by Gasteiger charge is 2.18. The van der Waals surface area contributed by atoms with Crippen LogP contribution >= 0.6 is 11.6 Å². The molecule has 0 saturated heterocycles. The lowest BCUT2D eigenvalue weighted by atomic mass is 10.1. The molecule has 3 N–H and O–H groups in total. The Morgan fingerprint density at radius 3 is 2.17 bits per heavy atom. The molecular weight excluding hydrogens is 350 g/mol. The summed E-state index contributed by atoms with van der Waals surface area (Å²) >= 11 is 6.01. The second-order valence-electron chi connectivity index (χ2n) is 4.98. The Morgan fingerprint density at radius 1 is 0.917 bits per heavy atom. The number of nitrogen functional groups attached to an aromatic ring is 1. The third-order valence-electron chi connectivity index (χ3n) is 3.42. The normalized spacial score (nSPS) is 12.1. The Hall–Kier alpha value is -2.48. The first-order chi connectivity index (χ1) is 11.4. The van der Waals surface area contributed by atoms with E-state index in [2.05, 4.69) is 10.2 Å². The summed E-state index contributed by atoms with van der Waals surface area (Å²) in [6.45, 7) is 0. The highest BCUT2D eigenvalue weighted by atomic mass is 35.5. The summed E-state index contributed by atoms with van der Waals surface area (Å²) in [6, 6.07) is 14.6. The van der Waals surface area contributed by atoms with E-state index in [0.29, 0.717) is 21.5 Å². The van der Waals surface area contributed by atoms with Gasteiger partial charge in [0, 0.05) is 10.8 Å². The molecule has 3 aromatic rings. The van der Waals surface area contributed by atoms with Gasteiger partial charge in [-0.2, -0.15) is 8.42 Å². The van der Waals surface area contributed by atoms with E-state index in [4.69, 9.17) is 17.3 Å². The monoisotopic (exact) mass is 361 g/mol. The van der Waals surface area contributed by atoms with Crippen LogP contribution in [-0.4, -0.2) is 13.0 Å². The topological polar surface area (TPSA) is 105 Å². The molecule has 0 aliphatic heterocycles. The fourth-order valence-electron chi connectivity index (χ4n) is 2.29. The highest BCUT2D eigenvalue weighted by Crippen LogP contribution is 2.37. The van der Waals surface area contributed by atoms with Crippen LogP contribution in [0.15, 0.2) is 69.7 Å². The molecule has 0 amide bonds. The van der Waals surface area contributed by atoms with E-state index in [9.17, 15) is 13.0 Å². The van der Waals surface area contributed by atoms with E-state index in [-0.39, 0.29) is 16.3 Å². The van der Waals surface area contributed by atoms with E-state index < -0.39 is 10.1 Å². The van der Waals surface area contributed by atoms with Crippen LogP contribution in [0, 0.1) is 0 Å². The molecule has 0 aliphatic rings. The summed E-state index contributed by atoms with van der Waals surface area (Å²) in [6.07, 6.45) is 0. The minimum Gasteiger partial charge on any atom is -0.396 e. The van der Waals surface area contributed by atoms with Gasteiger partial charge >= 0.3 is 0 Å². The molecule has 0 saturated carbocycles. The first-order valence-corrected chi connectivity index (χ1v) is 8.64. The van der Waals surface area contributed by atoms with Crippen molar-refractivity contribution in [3.8, 4) is 0 Å². The van der Waals surface area contributed by atoms with Crippen molar-refractivity contribution in [2.75, 3.05) is 5.73 Å². The number of anilines is 1. The minimum atomic E-state index is -4.44. The maximum Gasteiger partial charge on any atom is 0.295 e. The second kappa shape index (κ2) is 6.20. The Morgan fingerprint density at radius 2 is 1.50 bits per heavy atom. The van der Waals surface area contributed by atoms with Crippen LogP contribution in [0.5, 0.6) is 0 Å². The number of benzene rings is 3. The molecule has 3 rings (SSSR count). The molecular formula is C16H12ClN3O3S. The van der Waals surface area contributed by atoms with Crippen LogP contribution in [0.3, 0.4) is 0 Å². The third-order valence-corrected chi connectivity index (χ3v) is 4.64. The number of fused-ring (bicyclic) bond motifs is 1. The van der Waals surface area contributed by atoms with Gasteiger partial charge in [-0.15, -0.1) is 10.2 Å². The number of hydrogen-bond acceptors (Lipinski definition) is 5. The van der Waals surface area contributed by atoms with Gasteiger partial charge in [0.1, 0.15) is 16.3 Å². The van der Waals surface area contributed by atoms with Gasteiger partial charge in [0.2, 0.25) is 0 Å². The fourth-order valence-corrected chi connectivity index (χ4v) is 3.18. The Bertz CT molecular complexity index is 1070. The van der Waals surface area contributed by atoms with E-state index in [0.717, 1.165) is 0 Å². The standard InChI is InChI=1S/C16H12ClN3O3S/c17-12-7-3-4-8-13(12)19-20-14-9-15(24(21,22)23)10-5-1-2-6-11(10)16(14)18/h1-9H,18H2,(H,21,22,23). The molecule has 0 fully saturated rings. The number of azo groups is 1. The van der Waals surface area contributed by atoms with E-state index in [1.54, 1.807) is 48.5 Å². The number of rotatable bonds is 3. The van der Waals surface area contributed by atoms with Gasteiger partial charge in [0.15, 0.2) is 0 Å². The predicted octanol–water partition coefficient (Wildman–Crippen LogP) is 4.74. The quantitative estimate of drug-likeness (QED) is 0.399. The molecule has 3 aromatic carbocycles. The van der Waals surface area contributed by atoms with Crippen molar-refractivity contribution >= 4 is 49.6 Å². The zero-order chi connectivity index (χ0) is 17.3. The van der Waals surface area contributed by atoms with Crippen LogP contribution in [0.4, 0.5) is 17.1 Å². The molecule has 0 aliphatic carbocycles. The van der Waals surface area contributed by atoms with Gasteiger partial charge in [-0.25, -0.2) is 0 Å². The summed E-state index contributed by atoms with van der Waals surface area (Å²) in [5.74, 6) is 0. The summed E-state index contributed by atoms with van der Waals surface area (Å²) in [4.78, 5) is -0.277. The minimum absolute atomic E-state index is 0.126. The molecule has 0 unspecified atom stereocenters. The maximum absolute atomic E-state index is 11.7. The summed E-state index contributed by atoms with van der Waals surface area (Å²) < 4.78 is 32.8. The van der Waals surface area contributed by atoms with Crippen molar-refractivity contribution in [3.05, 3.63) is 59.6 Å². The van der Waals surface area contributed by atoms with Crippen LogP contribution in [0.25, 0.3) is 10.8 Å². The molecule has 122 valence electrons. The fraction of sp³-hybridized carbons (Fsp3) is 0. The largest absolute Gasteiger partial charge is 0.396 e. The van der Waals surface area contributed by atoms with Crippen molar-refractivity contribution in [2.24, 2.45) is 10.2 Å². The predicted molar refractivity (Wildman–Crippen MR) is 93.8 cm³/mol. The lowest BCUT2D eigenvalue weighted by molar-refractivity contribution is 0.484. The average Bonchev–Trinajstić information content (AvgIpc) is 2.54. The van der Waals surface area contributed by atoms with Crippen LogP contribution in [0.2, 0.25) is 5.02 Å². The van der Waals surface area contributed by atoms with Crippen LogP contribution in [-0.2, 0) is 10.1 Å². The van der Waals surface area contributed by atoms with Gasteiger partial charge in [-0.05, 0) is 18.2 Å². The maximum atomic E-state index is 11.7. The van der Waals surface area contributed by atoms with E-state index in [1.807, 2.05) is 0 Å². The molecule has 6 nitrogen and oxygen atoms in total.